The van der Waals surface area contributed by atoms with Crippen molar-refractivity contribution in [2.24, 2.45) is 0 Å². The summed E-state index contributed by atoms with van der Waals surface area (Å²) in [6.07, 6.45) is 0. The Labute approximate surface area is 133 Å². The van der Waals surface area contributed by atoms with E-state index in [0.29, 0.717) is 10.4 Å². The fourth-order valence-corrected chi connectivity index (χ4v) is 2.44. The number of furan rings is 1. The molecule has 1 N–H and O–H groups in total. The van der Waals surface area contributed by atoms with Crippen molar-refractivity contribution in [1.29, 1.82) is 0 Å². The third-order valence-electron chi connectivity index (χ3n) is 3.16. The second-order valence-electron chi connectivity index (χ2n) is 4.42. The molecule has 0 saturated heterocycles. The smallest absolute Gasteiger partial charge is 0.238 e. The maximum Gasteiger partial charge on any atom is 0.238 e. The molecule has 0 atom stereocenters. The molecule has 0 unspecified atom stereocenters. The van der Waals surface area contributed by atoms with E-state index in [1.54, 1.807) is 24.3 Å². The molecular formula is C15H11BrO6. The third kappa shape index (κ3) is 2.23. The van der Waals surface area contributed by atoms with E-state index < -0.39 is 11.2 Å². The van der Waals surface area contributed by atoms with Gasteiger partial charge in [0, 0.05) is 12.1 Å². The van der Waals surface area contributed by atoms with Crippen LogP contribution in [0.15, 0.2) is 42.6 Å². The fraction of sp³-hybridized carbons (Fsp3) is 0.133. The first-order chi connectivity index (χ1) is 10.5. The topological polar surface area (TPSA) is 82.0 Å². The van der Waals surface area contributed by atoms with Crippen molar-refractivity contribution < 1.29 is 23.4 Å². The van der Waals surface area contributed by atoms with Gasteiger partial charge in [0.1, 0.15) is 22.5 Å². The zero-order chi connectivity index (χ0) is 15.9. The number of hydrogen-bond acceptors (Lipinski definition) is 6. The molecule has 0 aliphatic rings. The molecule has 7 heteroatoms. The number of hydrogen-bond donors (Lipinski definition) is 1. The van der Waals surface area contributed by atoms with E-state index in [-0.39, 0.29) is 28.2 Å². The van der Waals surface area contributed by atoms with Gasteiger partial charge in [-0.3, -0.25) is 4.79 Å². The van der Waals surface area contributed by atoms with Gasteiger partial charge in [-0.1, -0.05) is 0 Å². The van der Waals surface area contributed by atoms with E-state index >= 15 is 0 Å². The fourth-order valence-electron chi connectivity index (χ4n) is 2.13. The van der Waals surface area contributed by atoms with Crippen molar-refractivity contribution in [3.8, 4) is 28.8 Å². The van der Waals surface area contributed by atoms with Gasteiger partial charge in [0.25, 0.3) is 0 Å². The second kappa shape index (κ2) is 5.42. The molecular weight excluding hydrogens is 356 g/mol. The van der Waals surface area contributed by atoms with Gasteiger partial charge in [0.05, 0.1) is 14.2 Å². The Bertz CT molecular complexity index is 908. The van der Waals surface area contributed by atoms with E-state index in [4.69, 9.17) is 18.3 Å². The highest BCUT2D eigenvalue weighted by Crippen LogP contribution is 2.36. The SMILES string of the molecule is COc1cc(OC)c2c(=O)c(O)c(-c3ccc(Br)o3)oc2c1. The Morgan fingerprint density at radius 3 is 2.50 bits per heavy atom. The Hall–Kier alpha value is -2.41. The second-order valence-corrected chi connectivity index (χ2v) is 5.20. The van der Waals surface area contributed by atoms with Gasteiger partial charge in [0.2, 0.25) is 16.9 Å². The molecule has 2 heterocycles. The van der Waals surface area contributed by atoms with Crippen LogP contribution in [-0.4, -0.2) is 19.3 Å². The van der Waals surface area contributed by atoms with Gasteiger partial charge in [-0.05, 0) is 28.1 Å². The standard InChI is InChI=1S/C15H11BrO6/c1-19-7-5-9(20-2)12-10(6-7)22-15(14(18)13(12)17)8-3-4-11(16)21-8/h3-6,18H,1-2H3. The maximum atomic E-state index is 12.4. The molecule has 2 aromatic heterocycles. The van der Waals surface area contributed by atoms with E-state index in [0.717, 1.165) is 0 Å². The first-order valence-electron chi connectivity index (χ1n) is 6.22. The largest absolute Gasteiger partial charge is 0.501 e. The molecule has 0 amide bonds. The minimum Gasteiger partial charge on any atom is -0.501 e. The lowest BCUT2D eigenvalue weighted by atomic mass is 10.1. The molecule has 0 aliphatic carbocycles. The normalized spacial score (nSPS) is 10.9. The average Bonchev–Trinajstić information content (AvgIpc) is 2.95. The average molecular weight is 367 g/mol. The quantitative estimate of drug-likeness (QED) is 0.763. The van der Waals surface area contributed by atoms with Crippen LogP contribution in [0.4, 0.5) is 0 Å². The zero-order valence-corrected chi connectivity index (χ0v) is 13.3. The van der Waals surface area contributed by atoms with Gasteiger partial charge >= 0.3 is 0 Å². The van der Waals surface area contributed by atoms with E-state index in [2.05, 4.69) is 15.9 Å². The summed E-state index contributed by atoms with van der Waals surface area (Å²) in [6.45, 7) is 0. The molecule has 0 fully saturated rings. The zero-order valence-electron chi connectivity index (χ0n) is 11.7. The van der Waals surface area contributed by atoms with Crippen LogP contribution >= 0.6 is 15.9 Å². The number of halogens is 1. The van der Waals surface area contributed by atoms with Crippen LogP contribution in [0.3, 0.4) is 0 Å². The van der Waals surface area contributed by atoms with Crippen LogP contribution in [0.2, 0.25) is 0 Å². The summed E-state index contributed by atoms with van der Waals surface area (Å²) in [7, 11) is 2.91. The first-order valence-corrected chi connectivity index (χ1v) is 7.02. The number of aromatic hydroxyl groups is 1. The Morgan fingerprint density at radius 2 is 1.91 bits per heavy atom. The van der Waals surface area contributed by atoms with Gasteiger partial charge in [-0.2, -0.15) is 0 Å². The summed E-state index contributed by atoms with van der Waals surface area (Å²) in [5.74, 6) is 0.344. The molecule has 0 saturated carbocycles. The van der Waals surface area contributed by atoms with Gasteiger partial charge < -0.3 is 23.4 Å². The Balaban J connectivity index is 2.38. The van der Waals surface area contributed by atoms with Crippen LogP contribution in [0.5, 0.6) is 17.2 Å². The lowest BCUT2D eigenvalue weighted by Crippen LogP contribution is -2.04. The molecule has 22 heavy (non-hydrogen) atoms. The van der Waals surface area contributed by atoms with Crippen LogP contribution in [-0.2, 0) is 0 Å². The molecule has 0 bridgehead atoms. The molecule has 3 rings (SSSR count). The summed E-state index contributed by atoms with van der Waals surface area (Å²) in [4.78, 5) is 12.4. The van der Waals surface area contributed by atoms with Crippen molar-refractivity contribution >= 4 is 26.9 Å². The lowest BCUT2D eigenvalue weighted by molar-refractivity contribution is 0.394. The van der Waals surface area contributed by atoms with Crippen LogP contribution in [0, 0.1) is 0 Å². The molecule has 6 nitrogen and oxygen atoms in total. The Morgan fingerprint density at radius 1 is 1.14 bits per heavy atom. The molecule has 0 radical (unpaired) electrons. The highest BCUT2D eigenvalue weighted by atomic mass is 79.9. The van der Waals surface area contributed by atoms with Gasteiger partial charge in [0.15, 0.2) is 10.4 Å². The summed E-state index contributed by atoms with van der Waals surface area (Å²) < 4.78 is 21.7. The highest BCUT2D eigenvalue weighted by molar-refractivity contribution is 9.10. The molecule has 114 valence electrons. The number of fused-ring (bicyclic) bond motifs is 1. The monoisotopic (exact) mass is 366 g/mol. The summed E-state index contributed by atoms with van der Waals surface area (Å²) in [6, 6.07) is 6.29. The Kier molecular flexibility index (Phi) is 3.58. The highest BCUT2D eigenvalue weighted by Gasteiger charge is 2.21. The third-order valence-corrected chi connectivity index (χ3v) is 3.59. The van der Waals surface area contributed by atoms with Crippen molar-refractivity contribution in [3.05, 3.63) is 39.2 Å². The van der Waals surface area contributed by atoms with Crippen LogP contribution in [0.1, 0.15) is 0 Å². The number of rotatable bonds is 3. The number of ether oxygens (including phenoxy) is 2. The van der Waals surface area contributed by atoms with Crippen LogP contribution < -0.4 is 14.9 Å². The van der Waals surface area contributed by atoms with Gasteiger partial charge in [-0.25, -0.2) is 0 Å². The van der Waals surface area contributed by atoms with E-state index in [1.165, 1.54) is 14.2 Å². The van der Waals surface area contributed by atoms with E-state index in [9.17, 15) is 9.90 Å². The molecule has 0 aliphatic heterocycles. The van der Waals surface area contributed by atoms with Gasteiger partial charge in [-0.15, -0.1) is 0 Å². The van der Waals surface area contributed by atoms with E-state index in [1.807, 2.05) is 0 Å². The summed E-state index contributed by atoms with van der Waals surface area (Å²) in [5.41, 5.74) is -0.384. The minimum atomic E-state index is -0.608. The van der Waals surface area contributed by atoms with Crippen molar-refractivity contribution in [3.63, 3.8) is 0 Å². The number of benzene rings is 1. The minimum absolute atomic E-state index is 0.0569. The maximum absolute atomic E-state index is 12.4. The molecule has 3 aromatic rings. The lowest BCUT2D eigenvalue weighted by Gasteiger charge is -2.09. The van der Waals surface area contributed by atoms with Crippen LogP contribution in [0.25, 0.3) is 22.5 Å². The molecule has 0 spiro atoms. The van der Waals surface area contributed by atoms with Crippen molar-refractivity contribution in [2.75, 3.05) is 14.2 Å². The summed E-state index contributed by atoms with van der Waals surface area (Å²) >= 11 is 3.16. The first kappa shape index (κ1) is 14.5. The summed E-state index contributed by atoms with van der Waals surface area (Å²) in [5, 5.41) is 10.3. The predicted octanol–water partition coefficient (Wildman–Crippen LogP) is 3.54. The number of methoxy groups -OCH3 is 2. The van der Waals surface area contributed by atoms with Crippen molar-refractivity contribution in [2.45, 2.75) is 0 Å². The molecule has 1 aromatic carbocycles. The predicted molar refractivity (Wildman–Crippen MR) is 82.7 cm³/mol. The van der Waals surface area contributed by atoms with Crippen molar-refractivity contribution in [1.82, 2.24) is 0 Å².